The molecule has 2 aliphatic rings. The van der Waals surface area contributed by atoms with E-state index in [0.29, 0.717) is 52.5 Å². The van der Waals surface area contributed by atoms with Crippen LogP contribution < -0.4 is 30.7 Å². The minimum atomic E-state index is -4.07. The highest BCUT2D eigenvalue weighted by Gasteiger charge is 2.40. The lowest BCUT2D eigenvalue weighted by atomic mass is 9.99. The highest BCUT2D eigenvalue weighted by molar-refractivity contribution is 9.11. The molecule has 0 unspecified atom stereocenters. The number of anilines is 2. The number of hydrogen-bond acceptors (Lipinski definition) is 20. The summed E-state index contributed by atoms with van der Waals surface area (Å²) in [5, 5.41) is 12.2. The van der Waals surface area contributed by atoms with Gasteiger partial charge in [0.1, 0.15) is 21.2 Å². The molecule has 0 saturated carbocycles. The highest BCUT2D eigenvalue weighted by Crippen LogP contribution is 2.41. The van der Waals surface area contributed by atoms with Crippen molar-refractivity contribution in [3.05, 3.63) is 68.2 Å². The van der Waals surface area contributed by atoms with E-state index >= 15 is 0 Å². The number of aromatic nitrogens is 2. The fourth-order valence-electron chi connectivity index (χ4n) is 9.18. The van der Waals surface area contributed by atoms with E-state index in [0.717, 1.165) is 15.2 Å². The molecule has 4 atom stereocenters. The fraction of sp³-hybridized carbons (Fsp3) is 0.619. The first-order valence-electron chi connectivity index (χ1n) is 30.9. The van der Waals surface area contributed by atoms with Crippen molar-refractivity contribution < 1.29 is 74.0 Å². The molecule has 6 amide bonds. The van der Waals surface area contributed by atoms with Gasteiger partial charge in [-0.1, -0.05) is 12.1 Å². The van der Waals surface area contributed by atoms with Crippen molar-refractivity contribution >= 4 is 107 Å². The van der Waals surface area contributed by atoms with Crippen molar-refractivity contribution in [2.45, 2.75) is 252 Å². The number of halogens is 1. The number of carbonyl (C=O) groups excluding carboxylic acids is 6. The lowest BCUT2D eigenvalue weighted by Crippen LogP contribution is -2.52. The first-order chi connectivity index (χ1) is 43.1. The van der Waals surface area contributed by atoms with Gasteiger partial charge >= 0.3 is 36.6 Å². The van der Waals surface area contributed by atoms with Gasteiger partial charge in [0.25, 0.3) is 0 Å². The molecule has 2 saturated heterocycles. The summed E-state index contributed by atoms with van der Waals surface area (Å²) in [5.74, 6) is 0. The molecular formula is C63H97BrN10O16S4. The van der Waals surface area contributed by atoms with E-state index in [4.69, 9.17) is 28.4 Å². The van der Waals surface area contributed by atoms with Gasteiger partial charge in [0.2, 0.25) is 20.0 Å². The van der Waals surface area contributed by atoms with Crippen molar-refractivity contribution in [1.82, 2.24) is 39.8 Å². The Bertz CT molecular complexity index is 3480. The Morgan fingerprint density at radius 2 is 0.904 bits per heavy atom. The van der Waals surface area contributed by atoms with Crippen LogP contribution in [-0.2, 0) is 48.5 Å². The molecule has 2 aliphatic heterocycles. The third kappa shape index (κ3) is 27.4. The topological polar surface area (TPSA) is 331 Å². The summed E-state index contributed by atoms with van der Waals surface area (Å²) < 4.78 is 90.1. The lowest BCUT2D eigenvalue weighted by molar-refractivity contribution is 0.00426. The maximum atomic E-state index is 13.6. The van der Waals surface area contributed by atoms with Crippen molar-refractivity contribution in [1.29, 1.82) is 0 Å². The SMILES string of the molecule is CC(C)OC(=O)N[C@@H]1CC[C@@H](c2ncc(Br)s2)N(C(=O)OC(C)(C)C)C1.CC(C)OC(=O)Nc1ccc(-c2cnc([C@@H]3CC[C@@H](NC(=O)OC(C)C)CN3C(=O)OC(C)(C)C)s2)c(S(=O)(=O)NC(C)(C)C)c1.Cc1ccc(NC(=O)OC(C)C)cc1S(=O)(=O)NC(C)(C)C. The number of nitrogens with zero attached hydrogens (tertiary/aromatic N) is 4. The van der Waals surface area contributed by atoms with Crippen molar-refractivity contribution in [3.8, 4) is 10.4 Å². The molecule has 31 heteroatoms. The number of rotatable bonds is 15. The van der Waals surface area contributed by atoms with E-state index < -0.39 is 84.9 Å². The van der Waals surface area contributed by atoms with Gasteiger partial charge in [-0.15, -0.1) is 22.7 Å². The summed E-state index contributed by atoms with van der Waals surface area (Å²) in [6.45, 7) is 37.5. The normalized spacial score (nSPS) is 17.2. The summed E-state index contributed by atoms with van der Waals surface area (Å²) in [4.78, 5) is 87.1. The number of ether oxygens (including phenoxy) is 6. The van der Waals surface area contributed by atoms with E-state index in [1.807, 2.05) is 20.8 Å². The molecule has 2 fully saturated rings. The number of likely N-dealkylation sites (tertiary alicyclic amines) is 2. The predicted molar refractivity (Wildman–Crippen MR) is 366 cm³/mol. The molecule has 6 rings (SSSR count). The van der Waals surface area contributed by atoms with Crippen LogP contribution in [0.1, 0.15) is 192 Å². The molecule has 0 spiro atoms. The largest absolute Gasteiger partial charge is 0.447 e. The number of sulfonamides is 2. The van der Waals surface area contributed by atoms with Crippen LogP contribution in [-0.4, -0.2) is 145 Å². The Kier molecular flexibility index (Phi) is 28.6. The molecule has 2 aromatic heterocycles. The molecule has 0 radical (unpaired) electrons. The molecule has 0 bridgehead atoms. The van der Waals surface area contributed by atoms with E-state index in [1.165, 1.54) is 34.8 Å². The standard InChI is InChI=1S/C31H47N5O8S2.C17H26BrN3O4S.C15H24N2O4S/c1-18(2)42-27(37)33-20-11-13-22(25(15-20)46(40,41)35-30(5,6)7)24-16-32-26(45-24)23-14-12-21(34-28(38)43-19(3)4)17-36(23)29(39)44-31(8,9)10;1-10(2)24-15(22)20-11-6-7-12(14-19-8-13(18)26-14)21(9-11)16(23)25-17(3,4)5;1-10(2)21-14(18)16-12-8-7-11(3)13(9-12)22(19,20)17-15(4,5)6/h11,13,15-16,18-19,21,23,35H,12,14,17H2,1-10H3,(H,33,37)(H,34,38);8,10-12H,6-7,9H2,1-5H3,(H,20,22);7-10,17H,1-6H3,(H,16,18)/t21-,23+;11-,12+;/m11./s1. The Labute approximate surface area is 571 Å². The zero-order chi connectivity index (χ0) is 71.2. The summed E-state index contributed by atoms with van der Waals surface area (Å²) >= 11 is 6.18. The molecule has 4 aromatic rings. The third-order valence-electron chi connectivity index (χ3n) is 12.4. The minimum absolute atomic E-state index is 0.0551. The van der Waals surface area contributed by atoms with Crippen LogP contribution in [0.5, 0.6) is 0 Å². The lowest BCUT2D eigenvalue weighted by Gasteiger charge is -2.39. The fourth-order valence-corrected chi connectivity index (χ4v) is 15.1. The minimum Gasteiger partial charge on any atom is -0.447 e. The highest BCUT2D eigenvalue weighted by atomic mass is 79.9. The van der Waals surface area contributed by atoms with Crippen LogP contribution in [0, 0.1) is 6.92 Å². The van der Waals surface area contributed by atoms with Crippen LogP contribution in [0.15, 0.2) is 62.4 Å². The molecule has 526 valence electrons. The number of piperidine rings is 2. The molecule has 26 nitrogen and oxygen atoms in total. The molecular weight excluding hydrogens is 1360 g/mol. The van der Waals surface area contributed by atoms with Crippen LogP contribution in [0.25, 0.3) is 10.4 Å². The zero-order valence-electron chi connectivity index (χ0n) is 57.8. The number of hydrogen-bond donors (Lipinski definition) is 6. The zero-order valence-corrected chi connectivity index (χ0v) is 62.7. The summed E-state index contributed by atoms with van der Waals surface area (Å²) in [6, 6.07) is 8.07. The van der Waals surface area contributed by atoms with Gasteiger partial charge in [-0.25, -0.2) is 65.0 Å². The number of aryl methyl sites for hydroxylation is 1. The average Bonchev–Trinajstić information content (AvgIpc) is 1.41. The second-order valence-corrected chi connectivity index (χ2v) is 34.5. The summed E-state index contributed by atoms with van der Waals surface area (Å²) in [7, 11) is -7.74. The third-order valence-corrected chi connectivity index (χ3v) is 18.8. The van der Waals surface area contributed by atoms with Crippen molar-refractivity contribution in [3.63, 3.8) is 0 Å². The van der Waals surface area contributed by atoms with Gasteiger partial charge < -0.3 is 39.1 Å². The predicted octanol–water partition coefficient (Wildman–Crippen LogP) is 13.9. The molecule has 4 heterocycles. The number of alkyl carbamates (subject to hydrolysis) is 2. The second-order valence-electron chi connectivity index (χ2n) is 27.7. The maximum absolute atomic E-state index is 13.6. The van der Waals surface area contributed by atoms with Crippen LogP contribution in [0.4, 0.5) is 40.1 Å². The number of benzene rings is 2. The van der Waals surface area contributed by atoms with E-state index in [2.05, 4.69) is 56.6 Å². The van der Waals surface area contributed by atoms with Crippen LogP contribution in [0.2, 0.25) is 0 Å². The Morgan fingerprint density at radius 1 is 0.532 bits per heavy atom. The number of nitrogens with one attached hydrogen (secondary N) is 6. The molecule has 6 N–H and O–H groups in total. The smallest absolute Gasteiger partial charge is 0.411 e. The van der Waals surface area contributed by atoms with Crippen LogP contribution in [0.3, 0.4) is 0 Å². The molecule has 94 heavy (non-hydrogen) atoms. The number of carbonyl (C=O) groups is 6. The molecule has 2 aromatic carbocycles. The summed E-state index contributed by atoms with van der Waals surface area (Å²) in [6.07, 6.45) is 1.32. The average molecular weight is 1460 g/mol. The van der Waals surface area contributed by atoms with Crippen molar-refractivity contribution in [2.75, 3.05) is 23.7 Å². The van der Waals surface area contributed by atoms with Gasteiger partial charge in [0.05, 0.1) is 73.2 Å². The summed E-state index contributed by atoms with van der Waals surface area (Å²) in [5.41, 5.74) is -1.15. The van der Waals surface area contributed by atoms with Gasteiger partial charge in [0, 0.05) is 47.3 Å². The maximum Gasteiger partial charge on any atom is 0.411 e. The van der Waals surface area contributed by atoms with Crippen LogP contribution >= 0.6 is 38.6 Å². The Balaban J connectivity index is 0.000000330. The molecule has 0 aliphatic carbocycles. The van der Waals surface area contributed by atoms with Crippen molar-refractivity contribution in [2.24, 2.45) is 0 Å². The van der Waals surface area contributed by atoms with Gasteiger partial charge in [0.15, 0.2) is 0 Å². The van der Waals surface area contributed by atoms with Gasteiger partial charge in [-0.2, -0.15) is 0 Å². The van der Waals surface area contributed by atoms with E-state index in [9.17, 15) is 45.6 Å². The quantitative estimate of drug-likeness (QED) is 0.0602. The first kappa shape index (κ1) is 80.1. The monoisotopic (exact) mass is 1460 g/mol. The van der Waals surface area contributed by atoms with E-state index in [1.54, 1.807) is 171 Å². The number of thiazole rings is 2. The van der Waals surface area contributed by atoms with Gasteiger partial charge in [-0.3, -0.25) is 20.4 Å². The Morgan fingerprint density at radius 3 is 1.29 bits per heavy atom. The number of amides is 6. The van der Waals surface area contributed by atoms with E-state index in [-0.39, 0.29) is 64.6 Å². The van der Waals surface area contributed by atoms with Gasteiger partial charge in [-0.05, 0) is 217 Å². The second kappa shape index (κ2) is 33.5. The Hall–Kier alpha value is -6.38. The first-order valence-corrected chi connectivity index (χ1v) is 36.3.